The van der Waals surface area contributed by atoms with E-state index in [4.69, 9.17) is 5.73 Å². The van der Waals surface area contributed by atoms with Crippen LogP contribution in [0.1, 0.15) is 23.2 Å². The summed E-state index contributed by atoms with van der Waals surface area (Å²) in [6, 6.07) is 1.75. The second-order valence-corrected chi connectivity index (χ2v) is 5.85. The number of rotatable bonds is 3. The molecule has 0 radical (unpaired) electrons. The van der Waals surface area contributed by atoms with Gasteiger partial charge in [-0.1, -0.05) is 0 Å². The molecular formula is C15H21F2N3O. The maximum Gasteiger partial charge on any atom is 0.256 e. The number of benzene rings is 1. The summed E-state index contributed by atoms with van der Waals surface area (Å²) in [7, 11) is 4.04. The molecule has 1 aromatic rings. The zero-order chi connectivity index (χ0) is 15.6. The summed E-state index contributed by atoms with van der Waals surface area (Å²) in [5, 5.41) is 0. The molecule has 1 aromatic carbocycles. The molecule has 1 heterocycles. The monoisotopic (exact) mass is 297 g/mol. The molecule has 1 aliphatic rings. The van der Waals surface area contributed by atoms with Crippen molar-refractivity contribution in [1.82, 2.24) is 9.80 Å². The fraction of sp³-hybridized carbons (Fsp3) is 0.533. The van der Waals surface area contributed by atoms with Gasteiger partial charge in [0.25, 0.3) is 5.91 Å². The number of nitrogen functional groups attached to an aromatic ring is 1. The van der Waals surface area contributed by atoms with Crippen LogP contribution in [0.15, 0.2) is 12.1 Å². The second-order valence-electron chi connectivity index (χ2n) is 5.85. The van der Waals surface area contributed by atoms with Crippen molar-refractivity contribution >= 4 is 11.6 Å². The lowest BCUT2D eigenvalue weighted by Crippen LogP contribution is -2.41. The van der Waals surface area contributed by atoms with Gasteiger partial charge in [-0.05, 0) is 38.9 Å². The molecular weight excluding hydrogens is 276 g/mol. The maximum absolute atomic E-state index is 13.7. The van der Waals surface area contributed by atoms with E-state index in [1.54, 1.807) is 4.90 Å². The van der Waals surface area contributed by atoms with E-state index in [-0.39, 0.29) is 11.3 Å². The van der Waals surface area contributed by atoms with Crippen molar-refractivity contribution in [3.05, 3.63) is 29.3 Å². The molecule has 1 amide bonds. The number of carbonyl (C=O) groups excluding carboxylic acids is 1. The maximum atomic E-state index is 13.7. The predicted octanol–water partition coefficient (Wildman–Crippen LogP) is 1.96. The lowest BCUT2D eigenvalue weighted by atomic mass is 9.96. The highest BCUT2D eigenvalue weighted by Crippen LogP contribution is 2.22. The Morgan fingerprint density at radius 2 is 1.90 bits per heavy atom. The number of amides is 1. The molecule has 0 atom stereocenters. The Labute approximate surface area is 123 Å². The fourth-order valence-corrected chi connectivity index (χ4v) is 2.73. The molecule has 4 nitrogen and oxygen atoms in total. The van der Waals surface area contributed by atoms with E-state index in [2.05, 4.69) is 4.90 Å². The Balaban J connectivity index is 2.04. The van der Waals surface area contributed by atoms with E-state index in [9.17, 15) is 13.6 Å². The van der Waals surface area contributed by atoms with Crippen LogP contribution < -0.4 is 5.73 Å². The van der Waals surface area contributed by atoms with Gasteiger partial charge in [0.2, 0.25) is 0 Å². The summed E-state index contributed by atoms with van der Waals surface area (Å²) in [4.78, 5) is 16.1. The number of hydrogen-bond donors (Lipinski definition) is 1. The Bertz CT molecular complexity index is 526. The lowest BCUT2D eigenvalue weighted by molar-refractivity contribution is 0.0673. The first kappa shape index (κ1) is 15.7. The number of carbonyl (C=O) groups is 1. The molecule has 0 unspecified atom stereocenters. The van der Waals surface area contributed by atoms with Gasteiger partial charge in [-0.15, -0.1) is 0 Å². The smallest absolute Gasteiger partial charge is 0.256 e. The Hall–Kier alpha value is -1.69. The summed E-state index contributed by atoms with van der Waals surface area (Å²) >= 11 is 0. The number of hydrogen-bond acceptors (Lipinski definition) is 3. The summed E-state index contributed by atoms with van der Waals surface area (Å²) in [6.07, 6.45) is 1.78. The van der Waals surface area contributed by atoms with Crippen LogP contribution in [0.2, 0.25) is 0 Å². The molecule has 0 aromatic heterocycles. The van der Waals surface area contributed by atoms with E-state index < -0.39 is 17.5 Å². The van der Waals surface area contributed by atoms with Gasteiger partial charge >= 0.3 is 0 Å². The van der Waals surface area contributed by atoms with Crippen LogP contribution in [0.5, 0.6) is 0 Å². The van der Waals surface area contributed by atoms with Crippen molar-refractivity contribution < 1.29 is 13.6 Å². The van der Waals surface area contributed by atoms with E-state index >= 15 is 0 Å². The van der Waals surface area contributed by atoms with Gasteiger partial charge < -0.3 is 15.5 Å². The average Bonchev–Trinajstić information content (AvgIpc) is 2.42. The minimum absolute atomic E-state index is 0.153. The highest BCUT2D eigenvalue weighted by Gasteiger charge is 2.26. The van der Waals surface area contributed by atoms with Crippen LogP contribution in [0.3, 0.4) is 0 Å². The summed E-state index contributed by atoms with van der Waals surface area (Å²) in [5.74, 6) is -1.56. The fourth-order valence-electron chi connectivity index (χ4n) is 2.73. The molecule has 0 aliphatic carbocycles. The number of likely N-dealkylation sites (tertiary alicyclic amines) is 1. The summed E-state index contributed by atoms with van der Waals surface area (Å²) < 4.78 is 26.9. The van der Waals surface area contributed by atoms with Crippen LogP contribution in [-0.4, -0.2) is 49.4 Å². The molecule has 1 aliphatic heterocycles. The van der Waals surface area contributed by atoms with Crippen LogP contribution in [0, 0.1) is 17.6 Å². The topological polar surface area (TPSA) is 49.6 Å². The van der Waals surface area contributed by atoms with Gasteiger partial charge in [0.15, 0.2) is 0 Å². The lowest BCUT2D eigenvalue weighted by Gasteiger charge is -2.33. The summed E-state index contributed by atoms with van der Waals surface area (Å²) in [6.45, 7) is 2.17. The van der Waals surface area contributed by atoms with E-state index in [1.807, 2.05) is 14.1 Å². The molecule has 0 spiro atoms. The van der Waals surface area contributed by atoms with E-state index in [0.717, 1.165) is 25.5 Å². The zero-order valence-electron chi connectivity index (χ0n) is 12.4. The van der Waals surface area contributed by atoms with Crippen LogP contribution in [-0.2, 0) is 0 Å². The minimum Gasteiger partial charge on any atom is -0.396 e. The standard InChI is InChI=1S/C15H21F2N3O/c1-19(2)9-10-3-5-20(6-4-10)15(21)11-7-14(18)13(17)8-12(11)16/h7-8,10H,3-6,9,18H2,1-2H3. The Morgan fingerprint density at radius 1 is 1.29 bits per heavy atom. The molecule has 1 fully saturated rings. The average molecular weight is 297 g/mol. The second kappa shape index (κ2) is 6.39. The molecule has 2 rings (SSSR count). The van der Waals surface area contributed by atoms with Crippen molar-refractivity contribution in [3.8, 4) is 0 Å². The Kier molecular flexibility index (Phi) is 4.77. The van der Waals surface area contributed by atoms with Gasteiger partial charge in [0.1, 0.15) is 11.6 Å². The molecule has 0 bridgehead atoms. The van der Waals surface area contributed by atoms with Crippen molar-refractivity contribution in [3.63, 3.8) is 0 Å². The number of piperidine rings is 1. The third-order valence-electron chi connectivity index (χ3n) is 3.84. The normalized spacial score (nSPS) is 16.5. The quantitative estimate of drug-likeness (QED) is 0.868. The van der Waals surface area contributed by atoms with Gasteiger partial charge in [-0.3, -0.25) is 4.79 Å². The molecule has 2 N–H and O–H groups in total. The van der Waals surface area contributed by atoms with Gasteiger partial charge in [0, 0.05) is 25.7 Å². The van der Waals surface area contributed by atoms with Crippen LogP contribution >= 0.6 is 0 Å². The first-order valence-electron chi connectivity index (χ1n) is 7.07. The third-order valence-corrected chi connectivity index (χ3v) is 3.84. The molecule has 6 heteroatoms. The van der Waals surface area contributed by atoms with Crippen molar-refractivity contribution in [2.75, 3.05) is 39.5 Å². The highest BCUT2D eigenvalue weighted by atomic mass is 19.1. The van der Waals surface area contributed by atoms with Crippen molar-refractivity contribution in [2.45, 2.75) is 12.8 Å². The van der Waals surface area contributed by atoms with Crippen molar-refractivity contribution in [1.29, 1.82) is 0 Å². The zero-order valence-corrected chi connectivity index (χ0v) is 12.4. The first-order chi connectivity index (χ1) is 9.88. The minimum atomic E-state index is -0.859. The van der Waals surface area contributed by atoms with Crippen molar-refractivity contribution in [2.24, 2.45) is 5.92 Å². The van der Waals surface area contributed by atoms with Gasteiger partial charge in [0.05, 0.1) is 11.3 Å². The van der Waals surface area contributed by atoms with Crippen LogP contribution in [0.25, 0.3) is 0 Å². The number of anilines is 1. The largest absolute Gasteiger partial charge is 0.396 e. The number of nitrogens with two attached hydrogens (primary N) is 1. The predicted molar refractivity (Wildman–Crippen MR) is 78.0 cm³/mol. The van der Waals surface area contributed by atoms with Crippen LogP contribution in [0.4, 0.5) is 14.5 Å². The highest BCUT2D eigenvalue weighted by molar-refractivity contribution is 5.95. The SMILES string of the molecule is CN(C)CC1CCN(C(=O)c2cc(N)c(F)cc2F)CC1. The molecule has 0 saturated carbocycles. The molecule has 1 saturated heterocycles. The molecule has 21 heavy (non-hydrogen) atoms. The van der Waals surface area contributed by atoms with E-state index in [0.29, 0.717) is 25.1 Å². The Morgan fingerprint density at radius 3 is 2.48 bits per heavy atom. The summed E-state index contributed by atoms with van der Waals surface area (Å²) in [5.41, 5.74) is 5.06. The van der Waals surface area contributed by atoms with Gasteiger partial charge in [-0.25, -0.2) is 8.78 Å². The number of halogens is 2. The molecule has 116 valence electrons. The van der Waals surface area contributed by atoms with Gasteiger partial charge in [-0.2, -0.15) is 0 Å². The van der Waals surface area contributed by atoms with E-state index in [1.165, 1.54) is 0 Å². The first-order valence-corrected chi connectivity index (χ1v) is 7.07. The number of nitrogens with zero attached hydrogens (tertiary/aromatic N) is 2. The third kappa shape index (κ3) is 3.69.